The van der Waals surface area contributed by atoms with E-state index in [-0.39, 0.29) is 18.2 Å². The minimum absolute atomic E-state index is 0.148. The Morgan fingerprint density at radius 3 is 2.34 bits per heavy atom. The van der Waals surface area contributed by atoms with Gasteiger partial charge in [-0.2, -0.15) is 0 Å². The zero-order valence-corrected chi connectivity index (χ0v) is 26.4. The van der Waals surface area contributed by atoms with Crippen molar-refractivity contribution in [2.45, 2.75) is 70.5 Å². The van der Waals surface area contributed by atoms with Gasteiger partial charge >= 0.3 is 5.97 Å². The first-order chi connectivity index (χ1) is 21.1. The van der Waals surface area contributed by atoms with E-state index in [1.165, 1.54) is 32.1 Å². The minimum Gasteiger partial charge on any atom is -0.492 e. The number of para-hydroxylation sites is 1. The van der Waals surface area contributed by atoms with Crippen molar-refractivity contribution in [2.24, 2.45) is 5.92 Å². The number of hydrogen-bond donors (Lipinski definition) is 3. The van der Waals surface area contributed by atoms with Gasteiger partial charge in [-0.05, 0) is 72.2 Å². The quantitative estimate of drug-likeness (QED) is 0.197. The number of carbonyl (C=O) groups excluding carboxylic acids is 1. The lowest BCUT2D eigenvalue weighted by atomic mass is 9.85. The molecule has 0 spiro atoms. The number of aliphatic carboxylic acids is 1. The number of carboxylic acids is 1. The zero-order chi connectivity index (χ0) is 31.5. The van der Waals surface area contributed by atoms with Crippen LogP contribution in [0.4, 0.5) is 0 Å². The Bertz CT molecular complexity index is 1500. The summed E-state index contributed by atoms with van der Waals surface area (Å²) in [4.78, 5) is 25.3. The van der Waals surface area contributed by atoms with E-state index in [1.54, 1.807) is 6.07 Å². The van der Waals surface area contributed by atoms with E-state index in [2.05, 4.69) is 10.6 Å². The van der Waals surface area contributed by atoms with Crippen molar-refractivity contribution in [3.05, 3.63) is 89.5 Å². The highest BCUT2D eigenvalue weighted by molar-refractivity contribution is 7.90. The molecule has 1 amide bonds. The molecule has 1 aliphatic carbocycles. The molecule has 0 saturated heterocycles. The number of hydrogen-bond acceptors (Lipinski definition) is 6. The van der Waals surface area contributed by atoms with Crippen molar-refractivity contribution < 1.29 is 27.9 Å². The Labute approximate surface area is 261 Å². The number of aryl methyl sites for hydroxylation is 1. The lowest BCUT2D eigenvalue weighted by molar-refractivity contribution is -0.139. The van der Waals surface area contributed by atoms with Gasteiger partial charge in [0.15, 0.2) is 0 Å². The highest BCUT2D eigenvalue weighted by Crippen LogP contribution is 2.30. The number of carboxylic acid groups (broad SMARTS) is 1. The topological polar surface area (TPSA) is 122 Å². The molecule has 0 radical (unpaired) electrons. The van der Waals surface area contributed by atoms with Crippen LogP contribution in [0.1, 0.15) is 66.4 Å². The van der Waals surface area contributed by atoms with Crippen LogP contribution in [0.5, 0.6) is 5.75 Å². The van der Waals surface area contributed by atoms with Gasteiger partial charge in [0.2, 0.25) is 0 Å². The second kappa shape index (κ2) is 15.9. The van der Waals surface area contributed by atoms with Crippen molar-refractivity contribution >= 4 is 21.7 Å². The fraction of sp³-hybridized carbons (Fsp3) is 0.429. The Kier molecular flexibility index (Phi) is 12.0. The minimum atomic E-state index is -3.39. The van der Waals surface area contributed by atoms with Crippen molar-refractivity contribution in [3.63, 3.8) is 0 Å². The van der Waals surface area contributed by atoms with Crippen molar-refractivity contribution in [2.75, 3.05) is 18.6 Å². The van der Waals surface area contributed by atoms with Crippen LogP contribution in [0, 0.1) is 12.8 Å². The van der Waals surface area contributed by atoms with E-state index >= 15 is 0 Å². The molecule has 44 heavy (non-hydrogen) atoms. The monoisotopic (exact) mass is 620 g/mol. The Morgan fingerprint density at radius 1 is 0.955 bits per heavy atom. The number of nitrogens with one attached hydrogen (secondary N) is 2. The number of rotatable bonds is 15. The number of amides is 1. The van der Waals surface area contributed by atoms with Crippen LogP contribution < -0.4 is 15.4 Å². The first-order valence-corrected chi connectivity index (χ1v) is 17.5. The molecule has 3 aromatic carbocycles. The van der Waals surface area contributed by atoms with E-state index < -0.39 is 27.8 Å². The van der Waals surface area contributed by atoms with E-state index in [4.69, 9.17) is 4.74 Å². The number of carbonyl (C=O) groups is 2. The summed E-state index contributed by atoms with van der Waals surface area (Å²) in [6.45, 7) is 3.09. The molecule has 0 bridgehead atoms. The van der Waals surface area contributed by atoms with E-state index in [1.807, 2.05) is 73.7 Å². The Morgan fingerprint density at radius 2 is 1.66 bits per heavy atom. The molecule has 2 atom stereocenters. The summed E-state index contributed by atoms with van der Waals surface area (Å²) >= 11 is 0. The molecule has 3 aromatic rings. The fourth-order valence-electron chi connectivity index (χ4n) is 5.83. The summed E-state index contributed by atoms with van der Waals surface area (Å²) in [5.41, 5.74) is 3.86. The number of ether oxygens (including phenoxy) is 1. The van der Waals surface area contributed by atoms with Gasteiger partial charge < -0.3 is 20.5 Å². The molecule has 0 unspecified atom stereocenters. The average Bonchev–Trinajstić information content (AvgIpc) is 3.01. The molecule has 0 aliphatic heterocycles. The summed E-state index contributed by atoms with van der Waals surface area (Å²) < 4.78 is 29.4. The van der Waals surface area contributed by atoms with Gasteiger partial charge in [0.1, 0.15) is 28.2 Å². The van der Waals surface area contributed by atoms with Gasteiger partial charge in [-0.3, -0.25) is 4.79 Å². The van der Waals surface area contributed by atoms with E-state index in [0.717, 1.165) is 35.1 Å². The van der Waals surface area contributed by atoms with Gasteiger partial charge in [0, 0.05) is 24.4 Å². The highest BCUT2D eigenvalue weighted by atomic mass is 32.2. The molecule has 1 aliphatic rings. The van der Waals surface area contributed by atoms with Crippen molar-refractivity contribution in [1.29, 1.82) is 0 Å². The average molecular weight is 621 g/mol. The molecule has 4 rings (SSSR count). The summed E-state index contributed by atoms with van der Waals surface area (Å²) in [5.74, 6) is -0.664. The highest BCUT2D eigenvalue weighted by Gasteiger charge is 2.25. The van der Waals surface area contributed by atoms with Crippen molar-refractivity contribution in [3.8, 4) is 16.9 Å². The molecule has 236 valence electrons. The van der Waals surface area contributed by atoms with Crippen LogP contribution in [-0.4, -0.2) is 56.1 Å². The first-order valence-electron chi connectivity index (χ1n) is 15.4. The maximum absolute atomic E-state index is 13.5. The molecule has 3 N–H and O–H groups in total. The van der Waals surface area contributed by atoms with Gasteiger partial charge in [-0.15, -0.1) is 0 Å². The third-order valence-electron chi connectivity index (χ3n) is 8.28. The van der Waals surface area contributed by atoms with Crippen LogP contribution in [0.2, 0.25) is 0 Å². The Hall–Kier alpha value is -3.69. The lowest BCUT2D eigenvalue weighted by Crippen LogP contribution is -2.42. The Balaban J connectivity index is 1.55. The van der Waals surface area contributed by atoms with Crippen LogP contribution in [0.25, 0.3) is 11.1 Å². The molecule has 8 nitrogen and oxygen atoms in total. The molecule has 0 heterocycles. The zero-order valence-electron chi connectivity index (χ0n) is 25.6. The second-order valence-electron chi connectivity index (χ2n) is 11.9. The van der Waals surface area contributed by atoms with E-state index in [0.29, 0.717) is 30.2 Å². The van der Waals surface area contributed by atoms with Crippen LogP contribution in [-0.2, 0) is 21.2 Å². The predicted octanol–water partition coefficient (Wildman–Crippen LogP) is 5.79. The second-order valence-corrected chi connectivity index (χ2v) is 14.2. The summed E-state index contributed by atoms with van der Waals surface area (Å²) in [7, 11) is -3.39. The standard InChI is InChI=1S/C35H44N2O6S/c1-25-11-9-10-16-30(25)32-22-27(17-18-31(32)34(38)37-33(35(39)40)19-20-44(2,41)42)23-36-28(21-26-12-5-3-6-13-26)24-43-29-14-7-4-8-15-29/h4,7-11,14-18,22,26,28,33,36H,3,5-6,12-13,19-21,23-24H2,1-2H3,(H,37,38)(H,39,40)/t28-,33+/m1/s1. The number of benzene rings is 3. The normalized spacial score (nSPS) is 15.3. The van der Waals surface area contributed by atoms with Gasteiger partial charge in [0.25, 0.3) is 5.91 Å². The summed E-state index contributed by atoms with van der Waals surface area (Å²) in [6.07, 6.45) is 8.20. The molecule has 0 aromatic heterocycles. The molecule has 1 fully saturated rings. The third-order valence-corrected chi connectivity index (χ3v) is 9.25. The molecular formula is C35H44N2O6S. The molecule has 1 saturated carbocycles. The SMILES string of the molecule is Cc1ccccc1-c1cc(CN[C@@H](COc2ccccc2)CC2CCCCC2)ccc1C(=O)N[C@@H](CCS(C)(=O)=O)C(=O)O. The summed E-state index contributed by atoms with van der Waals surface area (Å²) in [5, 5.41) is 15.9. The summed E-state index contributed by atoms with van der Waals surface area (Å²) in [6, 6.07) is 22.0. The molecular weight excluding hydrogens is 576 g/mol. The smallest absolute Gasteiger partial charge is 0.326 e. The number of sulfone groups is 1. The van der Waals surface area contributed by atoms with Crippen molar-refractivity contribution in [1.82, 2.24) is 10.6 Å². The third kappa shape index (κ3) is 10.2. The largest absolute Gasteiger partial charge is 0.492 e. The maximum Gasteiger partial charge on any atom is 0.326 e. The van der Waals surface area contributed by atoms with Gasteiger partial charge in [-0.25, -0.2) is 13.2 Å². The van der Waals surface area contributed by atoms with Crippen LogP contribution >= 0.6 is 0 Å². The van der Waals surface area contributed by atoms with Gasteiger partial charge in [0.05, 0.1) is 5.75 Å². The lowest BCUT2D eigenvalue weighted by Gasteiger charge is -2.27. The van der Waals surface area contributed by atoms with Gasteiger partial charge in [-0.1, -0.05) is 80.6 Å². The van der Waals surface area contributed by atoms with Crippen LogP contribution in [0.15, 0.2) is 72.8 Å². The fourth-order valence-corrected chi connectivity index (χ4v) is 6.50. The maximum atomic E-state index is 13.5. The van der Waals surface area contributed by atoms with Crippen LogP contribution in [0.3, 0.4) is 0 Å². The van der Waals surface area contributed by atoms with E-state index in [9.17, 15) is 23.1 Å². The first kappa shape index (κ1) is 33.2. The predicted molar refractivity (Wildman–Crippen MR) is 174 cm³/mol. The molecule has 9 heteroatoms.